The number of aromatic nitrogens is 3. The van der Waals surface area contributed by atoms with E-state index in [1.165, 1.54) is 11.3 Å². The first-order chi connectivity index (χ1) is 18.2. The molecule has 0 atom stereocenters. The topological polar surface area (TPSA) is 69.0 Å². The van der Waals surface area contributed by atoms with E-state index in [1.54, 1.807) is 11.7 Å². The van der Waals surface area contributed by atoms with Crippen molar-refractivity contribution in [2.24, 2.45) is 0 Å². The Balaban J connectivity index is 1.62. The molecule has 0 radical (unpaired) electrons. The number of thiazole rings is 1. The van der Waals surface area contributed by atoms with Crippen molar-refractivity contribution in [3.05, 3.63) is 120 Å². The van der Waals surface area contributed by atoms with Gasteiger partial charge in [-0.3, -0.25) is 9.36 Å². The van der Waals surface area contributed by atoms with Crippen LogP contribution in [0.1, 0.15) is 0 Å². The average Bonchev–Trinajstić information content (AvgIpc) is 3.38. The zero-order valence-corrected chi connectivity index (χ0v) is 20.8. The fourth-order valence-corrected chi connectivity index (χ4v) is 5.21. The molecule has 6 rings (SSSR count). The SMILES string of the molecule is COc1ccc(-n2c(-c3sc(Nc4ccccc4)nc3-c3ccccc3)nc3ccccc3c2=O)cc1. The van der Waals surface area contributed by atoms with Crippen LogP contribution in [0.15, 0.2) is 114 Å². The minimum atomic E-state index is -0.143. The summed E-state index contributed by atoms with van der Waals surface area (Å²) in [6, 6.07) is 34.7. The van der Waals surface area contributed by atoms with Gasteiger partial charge in [-0.25, -0.2) is 9.97 Å². The minimum Gasteiger partial charge on any atom is -0.497 e. The fraction of sp³-hybridized carbons (Fsp3) is 0.0333. The van der Waals surface area contributed by atoms with Crippen molar-refractivity contribution in [1.82, 2.24) is 14.5 Å². The second kappa shape index (κ2) is 9.72. The van der Waals surface area contributed by atoms with Crippen LogP contribution < -0.4 is 15.6 Å². The van der Waals surface area contributed by atoms with Crippen molar-refractivity contribution in [3.8, 4) is 33.4 Å². The number of rotatable bonds is 6. The molecular formula is C30H22N4O2S. The molecule has 0 spiro atoms. The third-order valence-electron chi connectivity index (χ3n) is 6.01. The van der Waals surface area contributed by atoms with Crippen LogP contribution in [0.25, 0.3) is 38.5 Å². The number of benzene rings is 4. The highest BCUT2D eigenvalue weighted by molar-refractivity contribution is 7.19. The lowest BCUT2D eigenvalue weighted by molar-refractivity contribution is 0.414. The molecule has 6 nitrogen and oxygen atoms in total. The summed E-state index contributed by atoms with van der Waals surface area (Å²) in [4.78, 5) is 24.6. The van der Waals surface area contributed by atoms with Crippen LogP contribution in [-0.4, -0.2) is 21.6 Å². The Hall–Kier alpha value is -4.75. The average molecular weight is 503 g/mol. The van der Waals surface area contributed by atoms with Crippen LogP contribution in [0, 0.1) is 0 Å². The van der Waals surface area contributed by atoms with Crippen LogP contribution in [0.4, 0.5) is 10.8 Å². The molecule has 4 aromatic carbocycles. The predicted octanol–water partition coefficient (Wildman–Crippen LogP) is 6.93. The zero-order valence-electron chi connectivity index (χ0n) is 20.0. The summed E-state index contributed by atoms with van der Waals surface area (Å²) in [5, 5.41) is 4.67. The van der Waals surface area contributed by atoms with Crippen LogP contribution in [0.2, 0.25) is 0 Å². The summed E-state index contributed by atoms with van der Waals surface area (Å²) in [6.07, 6.45) is 0. The van der Waals surface area contributed by atoms with E-state index in [-0.39, 0.29) is 5.56 Å². The van der Waals surface area contributed by atoms with Crippen molar-refractivity contribution in [1.29, 1.82) is 0 Å². The Bertz CT molecular complexity index is 1740. The van der Waals surface area contributed by atoms with Crippen molar-refractivity contribution >= 4 is 33.1 Å². The van der Waals surface area contributed by atoms with Gasteiger partial charge in [-0.05, 0) is 48.5 Å². The number of hydrogen-bond donors (Lipinski definition) is 1. The van der Waals surface area contributed by atoms with Gasteiger partial charge in [0.15, 0.2) is 11.0 Å². The number of nitrogens with zero attached hydrogens (tertiary/aromatic N) is 3. The van der Waals surface area contributed by atoms with Gasteiger partial charge in [0.05, 0.1) is 29.4 Å². The van der Waals surface area contributed by atoms with E-state index < -0.39 is 0 Å². The maximum atomic E-state index is 13.9. The monoisotopic (exact) mass is 502 g/mol. The van der Waals surface area contributed by atoms with E-state index in [2.05, 4.69) is 5.32 Å². The summed E-state index contributed by atoms with van der Waals surface area (Å²) >= 11 is 1.47. The second-order valence-corrected chi connectivity index (χ2v) is 9.34. The van der Waals surface area contributed by atoms with E-state index in [1.807, 2.05) is 109 Å². The Morgan fingerprint density at radius 1 is 0.784 bits per heavy atom. The molecule has 2 aromatic heterocycles. The van der Waals surface area contributed by atoms with E-state index in [9.17, 15) is 4.79 Å². The number of ether oxygens (including phenoxy) is 1. The molecule has 7 heteroatoms. The molecule has 37 heavy (non-hydrogen) atoms. The number of anilines is 2. The largest absolute Gasteiger partial charge is 0.497 e. The van der Waals surface area contributed by atoms with Gasteiger partial charge in [0.1, 0.15) is 10.6 Å². The summed E-state index contributed by atoms with van der Waals surface area (Å²) in [6.45, 7) is 0. The molecule has 0 amide bonds. The van der Waals surface area contributed by atoms with Crippen LogP contribution in [0.5, 0.6) is 5.75 Å². The number of nitrogens with one attached hydrogen (secondary N) is 1. The lowest BCUT2D eigenvalue weighted by Gasteiger charge is -2.14. The van der Waals surface area contributed by atoms with Crippen LogP contribution in [0.3, 0.4) is 0 Å². The first-order valence-corrected chi connectivity index (χ1v) is 12.6. The summed E-state index contributed by atoms with van der Waals surface area (Å²) < 4.78 is 7.00. The maximum absolute atomic E-state index is 13.9. The Morgan fingerprint density at radius 2 is 1.46 bits per heavy atom. The molecule has 6 aromatic rings. The number of para-hydroxylation sites is 2. The minimum absolute atomic E-state index is 0.143. The van der Waals surface area contributed by atoms with Crippen LogP contribution >= 0.6 is 11.3 Å². The van der Waals surface area contributed by atoms with E-state index in [0.717, 1.165) is 21.8 Å². The Morgan fingerprint density at radius 3 is 2.19 bits per heavy atom. The van der Waals surface area contributed by atoms with Gasteiger partial charge in [0.25, 0.3) is 5.56 Å². The molecule has 0 saturated carbocycles. The van der Waals surface area contributed by atoms with Crippen molar-refractivity contribution in [2.45, 2.75) is 0 Å². The molecule has 2 heterocycles. The summed E-state index contributed by atoms with van der Waals surface area (Å²) in [5.74, 6) is 1.25. The first kappa shape index (κ1) is 22.7. The van der Waals surface area contributed by atoms with Gasteiger partial charge in [0, 0.05) is 11.3 Å². The standard InChI is InChI=1S/C30H22N4O2S/c1-36-23-18-16-22(17-19-23)34-28(32-25-15-9-8-14-24(25)29(34)35)27-26(20-10-4-2-5-11-20)33-30(37-27)31-21-12-6-3-7-13-21/h2-19H,1H3,(H,31,33). The Labute approximate surface area is 217 Å². The molecule has 0 aliphatic carbocycles. The molecule has 0 aliphatic rings. The van der Waals surface area contributed by atoms with E-state index >= 15 is 0 Å². The molecule has 0 fully saturated rings. The van der Waals surface area contributed by atoms with E-state index in [0.29, 0.717) is 33.3 Å². The molecule has 0 aliphatic heterocycles. The second-order valence-electron chi connectivity index (χ2n) is 8.34. The number of fused-ring (bicyclic) bond motifs is 1. The summed E-state index contributed by atoms with van der Waals surface area (Å²) in [5.41, 5.74) is 3.82. The molecular weight excluding hydrogens is 480 g/mol. The fourth-order valence-electron chi connectivity index (χ4n) is 4.22. The zero-order chi connectivity index (χ0) is 25.2. The Kier molecular flexibility index (Phi) is 5.96. The lowest BCUT2D eigenvalue weighted by atomic mass is 10.1. The molecule has 0 saturated heterocycles. The lowest BCUT2D eigenvalue weighted by Crippen LogP contribution is -2.21. The van der Waals surface area contributed by atoms with Crippen molar-refractivity contribution < 1.29 is 4.74 Å². The van der Waals surface area contributed by atoms with Gasteiger partial charge in [-0.2, -0.15) is 0 Å². The molecule has 180 valence electrons. The van der Waals surface area contributed by atoms with Gasteiger partial charge in [-0.1, -0.05) is 72.0 Å². The highest BCUT2D eigenvalue weighted by atomic mass is 32.1. The van der Waals surface area contributed by atoms with Gasteiger partial charge >= 0.3 is 0 Å². The normalized spacial score (nSPS) is 10.9. The third-order valence-corrected chi connectivity index (χ3v) is 6.98. The quantitative estimate of drug-likeness (QED) is 0.267. The van der Waals surface area contributed by atoms with Gasteiger partial charge < -0.3 is 10.1 Å². The van der Waals surface area contributed by atoms with Crippen molar-refractivity contribution in [3.63, 3.8) is 0 Å². The summed E-state index contributed by atoms with van der Waals surface area (Å²) in [7, 11) is 1.62. The molecule has 0 bridgehead atoms. The maximum Gasteiger partial charge on any atom is 0.266 e. The highest BCUT2D eigenvalue weighted by Gasteiger charge is 2.22. The van der Waals surface area contributed by atoms with Gasteiger partial charge in [-0.15, -0.1) is 0 Å². The highest BCUT2D eigenvalue weighted by Crippen LogP contribution is 2.40. The smallest absolute Gasteiger partial charge is 0.266 e. The molecule has 1 N–H and O–H groups in total. The number of hydrogen-bond acceptors (Lipinski definition) is 6. The van der Waals surface area contributed by atoms with E-state index in [4.69, 9.17) is 14.7 Å². The molecule has 0 unspecified atom stereocenters. The predicted molar refractivity (Wildman–Crippen MR) is 150 cm³/mol. The first-order valence-electron chi connectivity index (χ1n) is 11.8. The third kappa shape index (κ3) is 4.37. The van der Waals surface area contributed by atoms with Gasteiger partial charge in [0.2, 0.25) is 0 Å². The van der Waals surface area contributed by atoms with Crippen molar-refractivity contribution in [2.75, 3.05) is 12.4 Å². The van der Waals surface area contributed by atoms with Crippen LogP contribution in [-0.2, 0) is 0 Å². The number of methoxy groups -OCH3 is 1.